The molecule has 1 unspecified atom stereocenters. The summed E-state index contributed by atoms with van der Waals surface area (Å²) in [4.78, 5) is 7.62. The summed E-state index contributed by atoms with van der Waals surface area (Å²) in [6, 6.07) is 14.3. The smallest absolute Gasteiger partial charge is 0.191 e. The third-order valence-electron chi connectivity index (χ3n) is 4.46. The van der Waals surface area contributed by atoms with Gasteiger partial charge in [0, 0.05) is 43.4 Å². The third kappa shape index (κ3) is 6.76. The maximum Gasteiger partial charge on any atom is 0.191 e. The molecule has 0 bridgehead atoms. The molecule has 0 spiro atoms. The molecule has 1 aromatic heterocycles. The van der Waals surface area contributed by atoms with Gasteiger partial charge in [-0.2, -0.15) is 0 Å². The Balaban J connectivity index is 0.00000261. The van der Waals surface area contributed by atoms with Crippen LogP contribution in [0.25, 0.3) is 0 Å². The molecule has 0 radical (unpaired) electrons. The molecule has 2 aromatic rings. The van der Waals surface area contributed by atoms with Crippen molar-refractivity contribution in [3.63, 3.8) is 0 Å². The molecular weight excluding hydrogens is 491 g/mol. The highest BCUT2D eigenvalue weighted by molar-refractivity contribution is 14.0. The lowest BCUT2D eigenvalue weighted by atomic mass is 10.1. The number of nitrogens with one attached hydrogen (secondary N) is 2. The van der Waals surface area contributed by atoms with E-state index in [1.807, 2.05) is 30.3 Å². The van der Waals surface area contributed by atoms with Crippen molar-refractivity contribution in [3.05, 3.63) is 47.8 Å². The van der Waals surface area contributed by atoms with Crippen molar-refractivity contribution in [1.82, 2.24) is 10.6 Å². The van der Waals surface area contributed by atoms with Crippen LogP contribution in [-0.4, -0.2) is 48.6 Å². The van der Waals surface area contributed by atoms with Crippen LogP contribution in [0.15, 0.2) is 57.7 Å². The van der Waals surface area contributed by atoms with E-state index in [2.05, 4.69) is 38.0 Å². The van der Waals surface area contributed by atoms with Gasteiger partial charge in [0.05, 0.1) is 15.8 Å². The molecule has 0 amide bonds. The quantitative estimate of drug-likeness (QED) is 0.350. The number of halogens is 1. The Labute approximate surface area is 185 Å². The van der Waals surface area contributed by atoms with Gasteiger partial charge in [0.15, 0.2) is 5.96 Å². The maximum absolute atomic E-state index is 12.3. The van der Waals surface area contributed by atoms with Gasteiger partial charge < -0.3 is 15.5 Å². The second-order valence-electron chi connectivity index (χ2n) is 6.22. The highest BCUT2D eigenvalue weighted by Gasteiger charge is 2.20. The van der Waals surface area contributed by atoms with Crippen LogP contribution >= 0.6 is 35.3 Å². The standard InChI is InChI=1S/C19H26N4OS2.HI/c1-20-19(21-11-15-26(24)17-6-3-2-4-7-17)22-16-9-12-23(13-10-16)18-8-5-14-25-18;/h2-8,14,16H,9-13,15H2,1H3,(H2,20,21,22);1H. The van der Waals surface area contributed by atoms with Gasteiger partial charge in [-0.15, -0.1) is 35.3 Å². The zero-order valence-electron chi connectivity index (χ0n) is 15.5. The van der Waals surface area contributed by atoms with E-state index in [0.29, 0.717) is 18.3 Å². The fourth-order valence-corrected chi connectivity index (χ4v) is 4.80. The van der Waals surface area contributed by atoms with Gasteiger partial charge in [0.2, 0.25) is 0 Å². The predicted octanol–water partition coefficient (Wildman–Crippen LogP) is 3.31. The number of benzene rings is 1. The van der Waals surface area contributed by atoms with Gasteiger partial charge in [-0.1, -0.05) is 18.2 Å². The molecule has 3 rings (SSSR count). The largest absolute Gasteiger partial charge is 0.363 e. The van der Waals surface area contributed by atoms with Crippen LogP contribution < -0.4 is 15.5 Å². The molecule has 8 heteroatoms. The van der Waals surface area contributed by atoms with E-state index in [1.54, 1.807) is 18.4 Å². The van der Waals surface area contributed by atoms with Gasteiger partial charge in [0.1, 0.15) is 0 Å². The molecule has 0 aliphatic carbocycles. The molecular formula is C19H27IN4OS2. The van der Waals surface area contributed by atoms with Crippen molar-refractivity contribution in [3.8, 4) is 0 Å². The fourth-order valence-electron chi connectivity index (χ4n) is 3.03. The van der Waals surface area contributed by atoms with E-state index in [0.717, 1.165) is 36.8 Å². The Kier molecular flexibility index (Phi) is 9.57. The minimum Gasteiger partial charge on any atom is -0.363 e. The Bertz CT molecular complexity index is 717. The molecule has 1 aliphatic rings. The lowest BCUT2D eigenvalue weighted by molar-refractivity contribution is 0.463. The summed E-state index contributed by atoms with van der Waals surface area (Å²) >= 11 is 1.80. The number of nitrogens with zero attached hydrogens (tertiary/aromatic N) is 2. The number of aliphatic imine (C=N–C) groups is 1. The van der Waals surface area contributed by atoms with Gasteiger partial charge >= 0.3 is 0 Å². The zero-order chi connectivity index (χ0) is 18.2. The number of rotatable bonds is 6. The van der Waals surface area contributed by atoms with Crippen LogP contribution in [0.2, 0.25) is 0 Å². The predicted molar refractivity (Wildman–Crippen MR) is 127 cm³/mol. The molecule has 5 nitrogen and oxygen atoms in total. The lowest BCUT2D eigenvalue weighted by Crippen LogP contribution is -2.49. The molecule has 148 valence electrons. The summed E-state index contributed by atoms with van der Waals surface area (Å²) < 4.78 is 12.3. The van der Waals surface area contributed by atoms with Crippen molar-refractivity contribution in [2.24, 2.45) is 4.99 Å². The van der Waals surface area contributed by atoms with E-state index in [4.69, 9.17) is 0 Å². The third-order valence-corrected chi connectivity index (χ3v) is 6.77. The van der Waals surface area contributed by atoms with Crippen LogP contribution in [0.3, 0.4) is 0 Å². The summed E-state index contributed by atoms with van der Waals surface area (Å²) in [6.45, 7) is 2.76. The van der Waals surface area contributed by atoms with E-state index in [1.165, 1.54) is 5.00 Å². The Morgan fingerprint density at radius 3 is 2.59 bits per heavy atom. The number of guanidine groups is 1. The number of thiophene rings is 1. The zero-order valence-corrected chi connectivity index (χ0v) is 19.4. The van der Waals surface area contributed by atoms with Gasteiger partial charge in [-0.05, 0) is 42.5 Å². The second kappa shape index (κ2) is 11.7. The highest BCUT2D eigenvalue weighted by atomic mass is 127. The summed E-state index contributed by atoms with van der Waals surface area (Å²) in [5, 5.41) is 10.3. The molecule has 1 fully saturated rings. The highest BCUT2D eigenvalue weighted by Crippen LogP contribution is 2.24. The van der Waals surface area contributed by atoms with E-state index in [-0.39, 0.29) is 24.0 Å². The molecule has 1 aromatic carbocycles. The summed E-state index contributed by atoms with van der Waals surface area (Å²) in [5.41, 5.74) is 0. The second-order valence-corrected chi connectivity index (χ2v) is 8.72. The summed E-state index contributed by atoms with van der Waals surface area (Å²) in [7, 11) is 0.801. The first kappa shape index (κ1) is 22.2. The normalized spacial score (nSPS) is 16.5. The molecule has 1 atom stereocenters. The first-order valence-electron chi connectivity index (χ1n) is 8.95. The van der Waals surface area contributed by atoms with Crippen molar-refractivity contribution in [2.45, 2.75) is 23.8 Å². The van der Waals surface area contributed by atoms with E-state index in [9.17, 15) is 4.21 Å². The van der Waals surface area contributed by atoms with Crippen molar-refractivity contribution >= 4 is 57.1 Å². The van der Waals surface area contributed by atoms with Crippen molar-refractivity contribution < 1.29 is 4.21 Å². The Hall–Kier alpha value is -1.13. The molecule has 2 N–H and O–H groups in total. The first-order valence-corrected chi connectivity index (χ1v) is 11.1. The number of anilines is 1. The molecule has 0 saturated carbocycles. The van der Waals surface area contributed by atoms with E-state index >= 15 is 0 Å². The minimum absolute atomic E-state index is 0. The van der Waals surface area contributed by atoms with Crippen molar-refractivity contribution in [1.29, 1.82) is 0 Å². The SMILES string of the molecule is CN=C(NCCS(=O)c1ccccc1)NC1CCN(c2cccs2)CC1.I. The van der Waals surface area contributed by atoms with Gasteiger partial charge in [0.25, 0.3) is 0 Å². The monoisotopic (exact) mass is 518 g/mol. The van der Waals surface area contributed by atoms with Crippen molar-refractivity contribution in [2.75, 3.05) is 37.3 Å². The van der Waals surface area contributed by atoms with E-state index < -0.39 is 10.8 Å². The van der Waals surface area contributed by atoms with Crippen LogP contribution in [0.4, 0.5) is 5.00 Å². The Morgan fingerprint density at radius 1 is 1.22 bits per heavy atom. The van der Waals surface area contributed by atoms with Gasteiger partial charge in [-0.3, -0.25) is 9.20 Å². The number of hydrogen-bond donors (Lipinski definition) is 2. The molecule has 1 saturated heterocycles. The molecule has 2 heterocycles. The van der Waals surface area contributed by atoms with Crippen LogP contribution in [-0.2, 0) is 10.8 Å². The average molecular weight is 518 g/mol. The Morgan fingerprint density at radius 2 is 1.96 bits per heavy atom. The summed E-state index contributed by atoms with van der Waals surface area (Å²) in [5.74, 6) is 1.37. The minimum atomic E-state index is -0.981. The summed E-state index contributed by atoms with van der Waals surface area (Å²) in [6.07, 6.45) is 2.18. The van der Waals surface area contributed by atoms with Gasteiger partial charge in [-0.25, -0.2) is 0 Å². The topological polar surface area (TPSA) is 56.7 Å². The maximum atomic E-state index is 12.3. The number of hydrogen-bond acceptors (Lipinski definition) is 4. The van der Waals surface area contributed by atoms with Crippen LogP contribution in [0.1, 0.15) is 12.8 Å². The van der Waals surface area contributed by atoms with Crippen LogP contribution in [0, 0.1) is 0 Å². The first-order chi connectivity index (χ1) is 12.8. The lowest BCUT2D eigenvalue weighted by Gasteiger charge is -2.33. The molecule has 1 aliphatic heterocycles. The molecule has 27 heavy (non-hydrogen) atoms. The average Bonchev–Trinajstić information content (AvgIpc) is 3.23. The number of piperidine rings is 1. The fraction of sp³-hybridized carbons (Fsp3) is 0.421. The van der Waals surface area contributed by atoms with Crippen LogP contribution in [0.5, 0.6) is 0 Å².